The zero-order valence-electron chi connectivity index (χ0n) is 10.3. The van der Waals surface area contributed by atoms with Crippen LogP contribution in [0.5, 0.6) is 0 Å². The molecule has 2 aromatic rings. The molecule has 1 aromatic heterocycles. The van der Waals surface area contributed by atoms with E-state index >= 15 is 0 Å². The van der Waals surface area contributed by atoms with Crippen LogP contribution in [-0.4, -0.2) is 5.16 Å². The number of alkyl halides is 1. The molecule has 1 heterocycles. The average molecular weight is 250 g/mol. The zero-order chi connectivity index (χ0) is 12.5. The topological polar surface area (TPSA) is 26.0 Å². The fourth-order valence-electron chi connectivity index (χ4n) is 1.71. The van der Waals surface area contributed by atoms with Gasteiger partial charge in [0.1, 0.15) is 0 Å². The van der Waals surface area contributed by atoms with Crippen molar-refractivity contribution in [3.05, 3.63) is 41.6 Å². The van der Waals surface area contributed by atoms with Gasteiger partial charge in [-0.05, 0) is 11.0 Å². The molecule has 0 saturated heterocycles. The number of nitrogens with zero attached hydrogens (tertiary/aromatic N) is 1. The van der Waals surface area contributed by atoms with Gasteiger partial charge in [-0.2, -0.15) is 0 Å². The Kier molecular flexibility index (Phi) is 3.25. The van der Waals surface area contributed by atoms with Crippen LogP contribution in [-0.2, 0) is 11.3 Å². The fraction of sp³-hybridized carbons (Fsp3) is 0.357. The van der Waals surface area contributed by atoms with Gasteiger partial charge in [0.2, 0.25) is 0 Å². The third-order valence-electron chi connectivity index (χ3n) is 2.80. The first-order valence-corrected chi connectivity index (χ1v) is 6.16. The van der Waals surface area contributed by atoms with Crippen LogP contribution < -0.4 is 0 Å². The summed E-state index contributed by atoms with van der Waals surface area (Å²) < 4.78 is 5.23. The Morgan fingerprint density at radius 2 is 1.82 bits per heavy atom. The van der Waals surface area contributed by atoms with Crippen LogP contribution >= 0.6 is 11.6 Å². The number of halogens is 1. The lowest BCUT2D eigenvalue weighted by molar-refractivity contribution is 0.432. The van der Waals surface area contributed by atoms with Crippen LogP contribution in [0.3, 0.4) is 0 Å². The first-order valence-electron chi connectivity index (χ1n) is 5.63. The van der Waals surface area contributed by atoms with Crippen molar-refractivity contribution in [1.29, 1.82) is 0 Å². The Morgan fingerprint density at radius 3 is 2.35 bits per heavy atom. The standard InChI is InChI=1S/C14H16ClNO/c1-14(2,3)12-6-4-10(5-7-12)13-11(8-15)9-16-17-13/h4-7,9H,8H2,1-3H3. The number of hydrogen-bond acceptors (Lipinski definition) is 2. The van der Waals surface area contributed by atoms with E-state index in [1.807, 2.05) is 0 Å². The number of hydrogen-bond donors (Lipinski definition) is 0. The summed E-state index contributed by atoms with van der Waals surface area (Å²) in [6.45, 7) is 6.59. The lowest BCUT2D eigenvalue weighted by Gasteiger charge is -2.18. The average Bonchev–Trinajstić information content (AvgIpc) is 2.76. The molecule has 0 saturated carbocycles. The Hall–Kier alpha value is -1.28. The van der Waals surface area contributed by atoms with Crippen LogP contribution in [0.1, 0.15) is 31.9 Å². The lowest BCUT2D eigenvalue weighted by Crippen LogP contribution is -2.10. The molecule has 17 heavy (non-hydrogen) atoms. The molecular weight excluding hydrogens is 234 g/mol. The van der Waals surface area contributed by atoms with Gasteiger partial charge in [-0.25, -0.2) is 0 Å². The minimum atomic E-state index is 0.162. The normalized spacial score (nSPS) is 11.8. The summed E-state index contributed by atoms with van der Waals surface area (Å²) in [5.41, 5.74) is 3.41. The summed E-state index contributed by atoms with van der Waals surface area (Å²) >= 11 is 5.83. The highest BCUT2D eigenvalue weighted by Gasteiger charge is 2.15. The van der Waals surface area contributed by atoms with Crippen molar-refractivity contribution in [2.75, 3.05) is 0 Å². The van der Waals surface area contributed by atoms with Gasteiger partial charge in [0.05, 0.1) is 12.1 Å². The van der Waals surface area contributed by atoms with E-state index in [1.54, 1.807) is 6.20 Å². The summed E-state index contributed by atoms with van der Waals surface area (Å²) in [6, 6.07) is 8.35. The summed E-state index contributed by atoms with van der Waals surface area (Å²) in [7, 11) is 0. The largest absolute Gasteiger partial charge is 0.356 e. The van der Waals surface area contributed by atoms with Gasteiger partial charge in [-0.15, -0.1) is 11.6 Å². The van der Waals surface area contributed by atoms with E-state index in [2.05, 4.69) is 50.2 Å². The van der Waals surface area contributed by atoms with Crippen molar-refractivity contribution >= 4 is 11.6 Å². The van der Waals surface area contributed by atoms with Gasteiger partial charge in [0.25, 0.3) is 0 Å². The van der Waals surface area contributed by atoms with Gasteiger partial charge >= 0.3 is 0 Å². The molecule has 2 nitrogen and oxygen atoms in total. The zero-order valence-corrected chi connectivity index (χ0v) is 11.1. The van der Waals surface area contributed by atoms with Crippen LogP contribution in [0.25, 0.3) is 11.3 Å². The number of benzene rings is 1. The van der Waals surface area contributed by atoms with Gasteiger partial charge in [0.15, 0.2) is 5.76 Å². The molecule has 0 amide bonds. The first kappa shape index (κ1) is 12.2. The Labute approximate surface area is 107 Å². The molecule has 0 spiro atoms. The predicted molar refractivity (Wildman–Crippen MR) is 70.2 cm³/mol. The molecule has 0 N–H and O–H groups in total. The number of aromatic nitrogens is 1. The third kappa shape index (κ3) is 2.52. The minimum Gasteiger partial charge on any atom is -0.356 e. The highest BCUT2D eigenvalue weighted by atomic mass is 35.5. The molecule has 1 aromatic carbocycles. The molecule has 0 aliphatic heterocycles. The Morgan fingerprint density at radius 1 is 1.18 bits per heavy atom. The van der Waals surface area contributed by atoms with Crippen LogP contribution in [0, 0.1) is 0 Å². The maximum absolute atomic E-state index is 5.83. The molecule has 0 atom stereocenters. The molecule has 3 heteroatoms. The van der Waals surface area contributed by atoms with Crippen molar-refractivity contribution < 1.29 is 4.52 Å². The molecule has 0 radical (unpaired) electrons. The van der Waals surface area contributed by atoms with E-state index in [-0.39, 0.29) is 5.41 Å². The quantitative estimate of drug-likeness (QED) is 0.739. The summed E-state index contributed by atoms with van der Waals surface area (Å²) in [6.07, 6.45) is 1.67. The first-order chi connectivity index (χ1) is 8.02. The van der Waals surface area contributed by atoms with Crippen molar-refractivity contribution in [2.24, 2.45) is 0 Å². The van der Waals surface area contributed by atoms with Crippen LogP contribution in [0.4, 0.5) is 0 Å². The van der Waals surface area contributed by atoms with Gasteiger partial charge in [0, 0.05) is 11.1 Å². The maximum atomic E-state index is 5.83. The maximum Gasteiger partial charge on any atom is 0.171 e. The van der Waals surface area contributed by atoms with Crippen LogP contribution in [0.2, 0.25) is 0 Å². The van der Waals surface area contributed by atoms with Gasteiger partial charge in [-0.1, -0.05) is 50.2 Å². The van der Waals surface area contributed by atoms with E-state index in [0.29, 0.717) is 5.88 Å². The molecule has 0 aliphatic rings. The van der Waals surface area contributed by atoms with E-state index < -0.39 is 0 Å². The van der Waals surface area contributed by atoms with Crippen LogP contribution in [0.15, 0.2) is 35.0 Å². The van der Waals surface area contributed by atoms with E-state index in [4.69, 9.17) is 16.1 Å². The molecule has 0 unspecified atom stereocenters. The number of rotatable bonds is 2. The van der Waals surface area contributed by atoms with Gasteiger partial charge in [-0.3, -0.25) is 0 Å². The molecule has 90 valence electrons. The highest BCUT2D eigenvalue weighted by molar-refractivity contribution is 6.17. The fourth-order valence-corrected chi connectivity index (χ4v) is 1.91. The predicted octanol–water partition coefficient (Wildman–Crippen LogP) is 4.38. The van der Waals surface area contributed by atoms with Gasteiger partial charge < -0.3 is 4.52 Å². The van der Waals surface area contributed by atoms with Crippen molar-refractivity contribution in [1.82, 2.24) is 5.16 Å². The monoisotopic (exact) mass is 249 g/mol. The van der Waals surface area contributed by atoms with Crippen molar-refractivity contribution in [3.63, 3.8) is 0 Å². The second-order valence-corrected chi connectivity index (χ2v) is 5.41. The molecule has 0 fully saturated rings. The van der Waals surface area contributed by atoms with E-state index in [0.717, 1.165) is 16.9 Å². The van der Waals surface area contributed by atoms with E-state index in [9.17, 15) is 0 Å². The van der Waals surface area contributed by atoms with Crippen molar-refractivity contribution in [3.8, 4) is 11.3 Å². The smallest absolute Gasteiger partial charge is 0.171 e. The minimum absolute atomic E-state index is 0.162. The summed E-state index contributed by atoms with van der Waals surface area (Å²) in [5, 5.41) is 3.78. The second-order valence-electron chi connectivity index (χ2n) is 5.14. The summed E-state index contributed by atoms with van der Waals surface area (Å²) in [5.74, 6) is 1.18. The molecular formula is C14H16ClNO. The molecule has 2 rings (SSSR count). The Bertz CT molecular complexity index is 494. The van der Waals surface area contributed by atoms with E-state index in [1.165, 1.54) is 5.56 Å². The SMILES string of the molecule is CC(C)(C)c1ccc(-c2oncc2CCl)cc1. The third-order valence-corrected chi connectivity index (χ3v) is 3.09. The van der Waals surface area contributed by atoms with Crippen molar-refractivity contribution in [2.45, 2.75) is 32.1 Å². The molecule has 0 bridgehead atoms. The Balaban J connectivity index is 2.36. The lowest BCUT2D eigenvalue weighted by atomic mass is 9.86. The highest BCUT2D eigenvalue weighted by Crippen LogP contribution is 2.28. The summed E-state index contributed by atoms with van der Waals surface area (Å²) in [4.78, 5) is 0. The second kappa shape index (κ2) is 4.53. The molecule has 0 aliphatic carbocycles.